The van der Waals surface area contributed by atoms with Gasteiger partial charge in [0.05, 0.1) is 0 Å². The Morgan fingerprint density at radius 3 is 2.38 bits per heavy atom. The quantitative estimate of drug-likeness (QED) is 0.454. The number of aryl methyl sites for hydroxylation is 1. The molecule has 6 heteroatoms. The van der Waals surface area contributed by atoms with Crippen LogP contribution in [0.3, 0.4) is 0 Å². The van der Waals surface area contributed by atoms with Gasteiger partial charge in [0.2, 0.25) is 11.9 Å². The fraction of sp³-hybridized carbons (Fsp3) is 0.571. The van der Waals surface area contributed by atoms with E-state index in [-0.39, 0.29) is 0 Å². The van der Waals surface area contributed by atoms with Gasteiger partial charge in [0, 0.05) is 13.0 Å². The highest BCUT2D eigenvalue weighted by molar-refractivity contribution is 5.33. The van der Waals surface area contributed by atoms with E-state index in [1.165, 1.54) is 0 Å². The summed E-state index contributed by atoms with van der Waals surface area (Å²) in [7, 11) is 0. The zero-order chi connectivity index (χ0) is 9.68. The minimum atomic E-state index is 0.391. The minimum Gasteiger partial charge on any atom is -0.354 e. The zero-order valence-electron chi connectivity index (χ0n) is 7.83. The maximum Gasteiger partial charge on any atom is 0.242 e. The molecule has 0 unspecified atom stereocenters. The molecule has 0 saturated carbocycles. The van der Waals surface area contributed by atoms with E-state index in [0.29, 0.717) is 11.9 Å². The Hall–Kier alpha value is -1.43. The number of nitrogens with zero attached hydrogens (tertiary/aromatic N) is 3. The van der Waals surface area contributed by atoms with Gasteiger partial charge in [-0.15, -0.1) is 0 Å². The van der Waals surface area contributed by atoms with E-state index in [1.54, 1.807) is 0 Å². The SMILES string of the molecule is CCNc1nc(CC)nc(NN)n1. The lowest BCUT2D eigenvalue weighted by Crippen LogP contribution is -2.14. The fourth-order valence-corrected chi connectivity index (χ4v) is 0.880. The highest BCUT2D eigenvalue weighted by Gasteiger charge is 2.02. The lowest BCUT2D eigenvalue weighted by Gasteiger charge is -2.05. The summed E-state index contributed by atoms with van der Waals surface area (Å²) < 4.78 is 0. The number of anilines is 2. The van der Waals surface area contributed by atoms with Crippen molar-refractivity contribution in [2.75, 3.05) is 17.3 Å². The first-order valence-electron chi connectivity index (χ1n) is 4.25. The van der Waals surface area contributed by atoms with Crippen LogP contribution < -0.4 is 16.6 Å². The summed E-state index contributed by atoms with van der Waals surface area (Å²) in [6.07, 6.45) is 0.760. The Balaban J connectivity index is 2.93. The number of rotatable bonds is 4. The van der Waals surface area contributed by atoms with Gasteiger partial charge in [0.1, 0.15) is 5.82 Å². The van der Waals surface area contributed by atoms with E-state index in [9.17, 15) is 0 Å². The number of hydrazine groups is 1. The van der Waals surface area contributed by atoms with Crippen LogP contribution in [-0.4, -0.2) is 21.5 Å². The van der Waals surface area contributed by atoms with Crippen LogP contribution in [0, 0.1) is 0 Å². The van der Waals surface area contributed by atoms with E-state index in [0.717, 1.165) is 18.8 Å². The minimum absolute atomic E-state index is 0.391. The van der Waals surface area contributed by atoms with Crippen LogP contribution in [0.5, 0.6) is 0 Å². The summed E-state index contributed by atoms with van der Waals surface area (Å²) in [5, 5.41) is 3.00. The molecule has 0 aliphatic rings. The van der Waals surface area contributed by atoms with Crippen LogP contribution >= 0.6 is 0 Å². The molecular weight excluding hydrogens is 168 g/mol. The largest absolute Gasteiger partial charge is 0.354 e. The molecule has 0 spiro atoms. The number of hydrogen-bond donors (Lipinski definition) is 3. The fourth-order valence-electron chi connectivity index (χ4n) is 0.880. The molecule has 13 heavy (non-hydrogen) atoms. The second kappa shape index (κ2) is 4.56. The third-order valence-electron chi connectivity index (χ3n) is 1.46. The van der Waals surface area contributed by atoms with Crippen molar-refractivity contribution in [1.29, 1.82) is 0 Å². The van der Waals surface area contributed by atoms with Crippen LogP contribution in [0.25, 0.3) is 0 Å². The molecule has 0 atom stereocenters. The van der Waals surface area contributed by atoms with Crippen LogP contribution in [0.1, 0.15) is 19.7 Å². The van der Waals surface area contributed by atoms with Crippen LogP contribution in [0.15, 0.2) is 0 Å². The summed E-state index contributed by atoms with van der Waals surface area (Å²) in [6.45, 7) is 4.73. The molecule has 0 aliphatic heterocycles. The monoisotopic (exact) mass is 182 g/mol. The average molecular weight is 182 g/mol. The highest BCUT2D eigenvalue weighted by Crippen LogP contribution is 2.04. The van der Waals surface area contributed by atoms with Gasteiger partial charge in [-0.2, -0.15) is 15.0 Å². The number of aromatic nitrogens is 3. The lowest BCUT2D eigenvalue weighted by molar-refractivity contribution is 0.893. The first kappa shape index (κ1) is 9.66. The second-order valence-corrected chi connectivity index (χ2v) is 2.43. The first-order chi connectivity index (χ1) is 6.30. The van der Waals surface area contributed by atoms with Gasteiger partial charge in [-0.1, -0.05) is 6.92 Å². The zero-order valence-corrected chi connectivity index (χ0v) is 7.83. The van der Waals surface area contributed by atoms with Gasteiger partial charge < -0.3 is 5.32 Å². The van der Waals surface area contributed by atoms with Crippen LogP contribution in [-0.2, 0) is 6.42 Å². The van der Waals surface area contributed by atoms with Gasteiger partial charge in [-0.05, 0) is 6.92 Å². The maximum absolute atomic E-state index is 5.21. The van der Waals surface area contributed by atoms with Crippen molar-refractivity contribution >= 4 is 11.9 Å². The Kier molecular flexibility index (Phi) is 3.39. The molecule has 6 nitrogen and oxygen atoms in total. The lowest BCUT2D eigenvalue weighted by atomic mass is 10.4. The molecule has 0 bridgehead atoms. The number of hydrogen-bond acceptors (Lipinski definition) is 6. The molecule has 72 valence electrons. The maximum atomic E-state index is 5.21. The molecule has 0 radical (unpaired) electrons. The summed E-state index contributed by atoms with van der Waals surface area (Å²) in [5.74, 6) is 6.88. The molecule has 0 fully saturated rings. The third-order valence-corrected chi connectivity index (χ3v) is 1.46. The van der Waals surface area contributed by atoms with Crippen molar-refractivity contribution in [2.24, 2.45) is 5.84 Å². The van der Waals surface area contributed by atoms with Gasteiger partial charge in [0.25, 0.3) is 0 Å². The first-order valence-corrected chi connectivity index (χ1v) is 4.25. The van der Waals surface area contributed by atoms with Crippen molar-refractivity contribution < 1.29 is 0 Å². The van der Waals surface area contributed by atoms with Gasteiger partial charge in [-0.3, -0.25) is 5.43 Å². The van der Waals surface area contributed by atoms with Crippen LogP contribution in [0.2, 0.25) is 0 Å². The smallest absolute Gasteiger partial charge is 0.242 e. The molecule has 0 aromatic carbocycles. The number of nitrogens with one attached hydrogen (secondary N) is 2. The topological polar surface area (TPSA) is 88.8 Å². The number of nitrogen functional groups attached to an aromatic ring is 1. The Labute approximate surface area is 77.0 Å². The molecule has 1 rings (SSSR count). The van der Waals surface area contributed by atoms with Crippen molar-refractivity contribution in [3.63, 3.8) is 0 Å². The third kappa shape index (κ3) is 2.51. The number of nitrogens with two attached hydrogens (primary N) is 1. The van der Waals surface area contributed by atoms with Gasteiger partial charge >= 0.3 is 0 Å². The predicted molar refractivity (Wildman–Crippen MR) is 51.2 cm³/mol. The Morgan fingerprint density at radius 2 is 1.85 bits per heavy atom. The molecule has 4 N–H and O–H groups in total. The van der Waals surface area contributed by atoms with Crippen molar-refractivity contribution in [3.8, 4) is 0 Å². The van der Waals surface area contributed by atoms with Crippen molar-refractivity contribution in [3.05, 3.63) is 5.82 Å². The summed E-state index contributed by atoms with van der Waals surface area (Å²) in [6, 6.07) is 0. The standard InChI is InChI=1S/C7H14N6/c1-3-5-10-6(9-4-2)12-7(11-5)13-8/h3-4,8H2,1-2H3,(H2,9,10,11,12,13). The van der Waals surface area contributed by atoms with Crippen molar-refractivity contribution in [1.82, 2.24) is 15.0 Å². The second-order valence-electron chi connectivity index (χ2n) is 2.43. The van der Waals surface area contributed by atoms with E-state index < -0.39 is 0 Å². The molecule has 0 aliphatic carbocycles. The normalized spacial score (nSPS) is 9.77. The van der Waals surface area contributed by atoms with Gasteiger partial charge in [-0.25, -0.2) is 5.84 Å². The molecule has 0 amide bonds. The van der Waals surface area contributed by atoms with Crippen molar-refractivity contribution in [2.45, 2.75) is 20.3 Å². The van der Waals surface area contributed by atoms with E-state index >= 15 is 0 Å². The highest BCUT2D eigenvalue weighted by atomic mass is 15.3. The predicted octanol–water partition coefficient (Wildman–Crippen LogP) is 0.151. The van der Waals surface area contributed by atoms with E-state index in [4.69, 9.17) is 5.84 Å². The van der Waals surface area contributed by atoms with Crippen LogP contribution in [0.4, 0.5) is 11.9 Å². The van der Waals surface area contributed by atoms with E-state index in [1.807, 2.05) is 13.8 Å². The summed E-state index contributed by atoms with van der Waals surface area (Å²) in [4.78, 5) is 12.2. The Bertz CT molecular complexity index is 251. The molecular formula is C7H14N6. The molecule has 0 saturated heterocycles. The summed E-state index contributed by atoms with van der Waals surface area (Å²) >= 11 is 0. The molecule has 1 heterocycles. The average Bonchev–Trinajstić information content (AvgIpc) is 2.17. The van der Waals surface area contributed by atoms with Gasteiger partial charge in [0.15, 0.2) is 0 Å². The summed E-state index contributed by atoms with van der Waals surface area (Å²) in [5.41, 5.74) is 2.40. The Morgan fingerprint density at radius 1 is 1.15 bits per heavy atom. The van der Waals surface area contributed by atoms with E-state index in [2.05, 4.69) is 25.7 Å². The molecule has 1 aromatic rings. The molecule has 1 aromatic heterocycles.